The van der Waals surface area contributed by atoms with Crippen LogP contribution in [-0.4, -0.2) is 193 Å². The molecule has 444 valence electrons. The monoisotopic (exact) mass is 1270 g/mol. The van der Waals surface area contributed by atoms with Crippen LogP contribution in [0, 0.1) is 0 Å². The first-order chi connectivity index (χ1) is 37.1. The zero-order valence-electron chi connectivity index (χ0n) is 47.4. The lowest BCUT2D eigenvalue weighted by atomic mass is 10.1. The second kappa shape index (κ2) is 64.4. The Hall–Kier alpha value is -1.38. The summed E-state index contributed by atoms with van der Waals surface area (Å²) in [6.07, 6.45) is 0. The van der Waals surface area contributed by atoms with E-state index in [4.69, 9.17) is 61.6 Å². The molecule has 0 fully saturated rings. The van der Waals surface area contributed by atoms with Crippen molar-refractivity contribution in [3.8, 4) is 11.5 Å². The van der Waals surface area contributed by atoms with Gasteiger partial charge in [0.1, 0.15) is 44.5 Å². The van der Waals surface area contributed by atoms with Gasteiger partial charge in [0.15, 0.2) is 17.3 Å². The molecule has 0 atom stereocenters. The molecule has 0 unspecified atom stereocenters. The summed E-state index contributed by atoms with van der Waals surface area (Å²) in [5.41, 5.74) is 4.89. The number of carbonyl (C=O) groups excluding carboxylic acids is 3. The lowest BCUT2D eigenvalue weighted by molar-refractivity contribution is -0.122. The first-order valence-corrected chi connectivity index (χ1v) is 31.5. The molecule has 2 aromatic carbocycles. The van der Waals surface area contributed by atoms with Gasteiger partial charge < -0.3 is 61.6 Å². The Bertz CT molecular complexity index is 1510. The molecule has 0 bridgehead atoms. The third-order valence-electron chi connectivity index (χ3n) is 8.43. The Morgan fingerprint density at radius 1 is 0.395 bits per heavy atom. The number of rotatable bonds is 48. The van der Waals surface area contributed by atoms with Crippen LogP contribution < -0.4 is 9.47 Å². The topological polar surface area (TPSA) is 171 Å². The molecule has 0 aliphatic carbocycles. The summed E-state index contributed by atoms with van der Waals surface area (Å²) in [6, 6.07) is 12.7. The molecule has 16 nitrogen and oxygen atoms in total. The van der Waals surface area contributed by atoms with Crippen LogP contribution in [0.15, 0.2) is 36.4 Å². The lowest BCUT2D eigenvalue weighted by Gasteiger charge is -2.12. The molecular weight excluding hydrogens is 1170 g/mol. The largest absolute Gasteiger partial charge is 0.491 e. The molecule has 0 aliphatic rings. The Morgan fingerprint density at radius 2 is 0.671 bits per heavy atom. The van der Waals surface area contributed by atoms with Gasteiger partial charge in [-0.3, -0.25) is 14.4 Å². The number of ether oxygens (including phenoxy) is 13. The van der Waals surface area contributed by atoms with E-state index < -0.39 is 0 Å². The van der Waals surface area contributed by atoms with E-state index in [1.807, 2.05) is 77.2 Å². The molecular formula is C55H96Br2O16S3. The lowest BCUT2D eigenvalue weighted by Crippen LogP contribution is -2.12. The number of alkyl halides is 2. The number of hydrogen-bond donors (Lipinski definition) is 1. The van der Waals surface area contributed by atoms with Crippen LogP contribution in [-0.2, 0) is 88.7 Å². The van der Waals surface area contributed by atoms with E-state index in [1.165, 1.54) is 43.0 Å². The fourth-order valence-corrected chi connectivity index (χ4v) is 7.66. The van der Waals surface area contributed by atoms with E-state index in [9.17, 15) is 14.4 Å². The van der Waals surface area contributed by atoms with Gasteiger partial charge in [0.2, 0.25) is 0 Å². The Balaban J connectivity index is -0.00000127. The summed E-state index contributed by atoms with van der Waals surface area (Å²) in [5.74, 6) is 6.06. The molecule has 0 aromatic heterocycles. The van der Waals surface area contributed by atoms with Gasteiger partial charge in [0.25, 0.3) is 0 Å². The number of halogens is 2. The molecule has 0 N–H and O–H groups in total. The third-order valence-corrected chi connectivity index (χ3v) is 11.9. The van der Waals surface area contributed by atoms with Crippen molar-refractivity contribution in [2.75, 3.05) is 176 Å². The van der Waals surface area contributed by atoms with Gasteiger partial charge in [-0.2, -0.15) is 36.2 Å². The maximum absolute atomic E-state index is 10.8. The average Bonchev–Trinajstić information content (AvgIpc) is 3.42. The van der Waals surface area contributed by atoms with Gasteiger partial charge in [0, 0.05) is 52.6 Å². The highest BCUT2D eigenvalue weighted by Crippen LogP contribution is 2.25. The van der Waals surface area contributed by atoms with E-state index in [0.717, 1.165) is 57.5 Å². The van der Waals surface area contributed by atoms with E-state index in [-0.39, 0.29) is 37.2 Å². The van der Waals surface area contributed by atoms with Crippen molar-refractivity contribution in [1.29, 1.82) is 0 Å². The number of hydrogen-bond acceptors (Lipinski definition) is 19. The minimum Gasteiger partial charge on any atom is -0.491 e. The van der Waals surface area contributed by atoms with Gasteiger partial charge in [-0.05, 0) is 81.1 Å². The van der Waals surface area contributed by atoms with Gasteiger partial charge in [0.05, 0.1) is 112 Å². The minimum absolute atomic E-state index is 0.0122. The molecule has 0 amide bonds. The fraction of sp³-hybridized carbons (Fsp3) is 0.727. The van der Waals surface area contributed by atoms with Crippen LogP contribution in [0.5, 0.6) is 11.5 Å². The number of thioether (sulfide) groups is 2. The van der Waals surface area contributed by atoms with Gasteiger partial charge in [-0.15, -0.1) is 0 Å². The second-order valence-electron chi connectivity index (χ2n) is 15.1. The molecule has 0 radical (unpaired) electrons. The number of carbonyl (C=O) groups is 3. The first kappa shape index (κ1) is 78.8. The highest BCUT2D eigenvalue weighted by Gasteiger charge is 2.06. The van der Waals surface area contributed by atoms with Crippen molar-refractivity contribution in [2.24, 2.45) is 0 Å². The van der Waals surface area contributed by atoms with Gasteiger partial charge in [-0.1, -0.05) is 71.7 Å². The van der Waals surface area contributed by atoms with E-state index in [2.05, 4.69) is 68.8 Å². The number of ketones is 3. The summed E-state index contributed by atoms with van der Waals surface area (Å²) in [6.45, 7) is 28.5. The van der Waals surface area contributed by atoms with Crippen LogP contribution in [0.1, 0.15) is 84.6 Å². The van der Waals surface area contributed by atoms with E-state index in [0.29, 0.717) is 132 Å². The molecule has 2 aromatic rings. The summed E-state index contributed by atoms with van der Waals surface area (Å²) in [7, 11) is 0. The number of Topliss-reactive ketones (excluding diaryl/α,β-unsaturated/α-hetero) is 3. The average molecular weight is 1270 g/mol. The SMILES string of the molecule is CC.CC.CC(=O)COCCOCCOCCS.CCOCCOc1cc(CBr)cc(CBr)c1.CCOCCOc1cc(CSCCOCCOCCOCC(C)=O)cc(CSCCOCCOCCOCC(C)=O)c1. The highest BCUT2D eigenvalue weighted by molar-refractivity contribution is 9.08. The van der Waals surface area contributed by atoms with E-state index >= 15 is 0 Å². The van der Waals surface area contributed by atoms with Crippen molar-refractivity contribution >= 4 is 85.4 Å². The second-order valence-corrected chi connectivity index (χ2v) is 18.9. The molecule has 76 heavy (non-hydrogen) atoms. The first-order valence-electron chi connectivity index (χ1n) is 26.3. The zero-order valence-corrected chi connectivity index (χ0v) is 53.1. The predicted molar refractivity (Wildman–Crippen MR) is 320 cm³/mol. The molecule has 0 aliphatic heterocycles. The predicted octanol–water partition coefficient (Wildman–Crippen LogP) is 10.3. The fourth-order valence-electron chi connectivity index (χ4n) is 5.32. The Kier molecular flexibility index (Phi) is 66.9. The highest BCUT2D eigenvalue weighted by atomic mass is 79.9. The van der Waals surface area contributed by atoms with Crippen molar-refractivity contribution < 1.29 is 76.0 Å². The Labute approximate surface area is 488 Å². The van der Waals surface area contributed by atoms with Gasteiger partial charge in [-0.25, -0.2) is 0 Å². The van der Waals surface area contributed by atoms with Crippen LogP contribution >= 0.6 is 68.0 Å². The molecule has 21 heteroatoms. The van der Waals surface area contributed by atoms with Crippen LogP contribution in [0.25, 0.3) is 0 Å². The molecule has 0 heterocycles. The standard InChI is InChI=1S/C30H50O10S2.C12H16Br2O2.C9H18O4S.2C2H6/c1-4-33-13-14-40-30-20-28(24-41-17-15-36-7-5-34-9-11-38-22-26(2)31)19-29(21-30)25-42-18-16-37-8-6-35-10-12-39-23-27(3)32;1-2-15-3-4-16-12-6-10(8-13)5-11(7-12)9-14;1-9(10)8-13-5-4-11-2-3-12-6-7-14;2*1-2/h19-21H,4-18,22-25H2,1-3H3;5-7H,2-4,8-9H2,1H3;14H,2-8H2,1H3;2*1-2H3. The van der Waals surface area contributed by atoms with Crippen LogP contribution in [0.3, 0.4) is 0 Å². The minimum atomic E-state index is 0.0122. The molecule has 2 rings (SSSR count). The maximum atomic E-state index is 10.8. The van der Waals surface area contributed by atoms with E-state index in [1.54, 1.807) is 0 Å². The van der Waals surface area contributed by atoms with Crippen molar-refractivity contribution in [3.63, 3.8) is 0 Å². The molecule has 0 spiro atoms. The summed E-state index contributed by atoms with van der Waals surface area (Å²) in [5, 5.41) is 1.69. The van der Waals surface area contributed by atoms with Crippen molar-refractivity contribution in [2.45, 2.75) is 84.5 Å². The van der Waals surface area contributed by atoms with Gasteiger partial charge >= 0.3 is 0 Å². The van der Waals surface area contributed by atoms with Crippen LogP contribution in [0.4, 0.5) is 0 Å². The zero-order chi connectivity index (χ0) is 57.0. The number of benzene rings is 2. The summed E-state index contributed by atoms with van der Waals surface area (Å²) >= 11 is 14.5. The quantitative estimate of drug-likeness (QED) is 0.0377. The van der Waals surface area contributed by atoms with Crippen molar-refractivity contribution in [1.82, 2.24) is 0 Å². The molecule has 0 saturated heterocycles. The Morgan fingerprint density at radius 3 is 0.974 bits per heavy atom. The maximum Gasteiger partial charge on any atom is 0.155 e. The summed E-state index contributed by atoms with van der Waals surface area (Å²) < 4.78 is 70.0. The normalized spacial score (nSPS) is 10.5. The third kappa shape index (κ3) is 58.8. The van der Waals surface area contributed by atoms with Crippen LogP contribution in [0.2, 0.25) is 0 Å². The number of thiol groups is 1. The smallest absolute Gasteiger partial charge is 0.155 e. The molecule has 0 saturated carbocycles. The summed E-state index contributed by atoms with van der Waals surface area (Å²) in [4.78, 5) is 32.1. The van der Waals surface area contributed by atoms with Crippen molar-refractivity contribution in [3.05, 3.63) is 58.7 Å².